The predicted octanol–water partition coefficient (Wildman–Crippen LogP) is 6.97. The second kappa shape index (κ2) is 12.6. The molecule has 6 atom stereocenters. The quantitative estimate of drug-likeness (QED) is 0.169. The van der Waals surface area contributed by atoms with Crippen molar-refractivity contribution in [1.82, 2.24) is 0 Å². The van der Waals surface area contributed by atoms with Crippen molar-refractivity contribution in [1.29, 1.82) is 0 Å². The third-order valence-corrected chi connectivity index (χ3v) is 11.0. The number of fused-ring (bicyclic) bond motifs is 1. The Hall–Kier alpha value is -3.69. The number of hydrogen-bond acceptors (Lipinski definition) is 8. The van der Waals surface area contributed by atoms with Gasteiger partial charge in [-0.2, -0.15) is 0 Å². The number of aliphatic carboxylic acids is 1. The van der Waals surface area contributed by atoms with E-state index in [0.29, 0.717) is 12.0 Å². The number of carboxylic acids is 1. The lowest BCUT2D eigenvalue weighted by molar-refractivity contribution is -0.224. The number of allylic oxidation sites excluding steroid dienone is 6. The Morgan fingerprint density at radius 2 is 1.58 bits per heavy atom. The SMILES string of the molecule is COC1C2C(=O)c3c(O)c(C/C=C(\C)CCC=C(C)C)c(O)c(CC=C(C)C)c3O[C@@]23C2C[C@@H]1C(=O)C3(C/C=C(/C)C(=O)O)OC2(C)C. The minimum Gasteiger partial charge on any atom is -0.507 e. The zero-order valence-electron chi connectivity index (χ0n) is 29.7. The Morgan fingerprint density at radius 1 is 0.938 bits per heavy atom. The standard InChI is InChI=1S/C39H50O9/c1-20(2)11-10-12-22(5)14-16-24-30(40)25(15-13-21(3)4)33-28(31(24)41)32(42)29-34(46-9)26-19-27-37(7,8)48-38(35(26)43,39(27,29)47-33)18-17-23(6)36(44)45/h11,13-14,17,26-27,29,34,40-41H,10,12,15-16,18-19H2,1-9H3,(H,44,45)/b22-14+,23-17-/t26-,27?,29?,34?,38?,39-/m0/s1. The molecular formula is C39H50O9. The van der Waals surface area contributed by atoms with E-state index in [0.717, 1.165) is 24.0 Å². The molecule has 3 saturated carbocycles. The summed E-state index contributed by atoms with van der Waals surface area (Å²) in [5.74, 6) is -4.50. The third kappa shape index (κ3) is 5.34. The number of carboxylic acid groups (broad SMARTS) is 1. The van der Waals surface area contributed by atoms with E-state index >= 15 is 4.79 Å². The second-order valence-corrected chi connectivity index (χ2v) is 15.0. The molecule has 5 aliphatic rings. The molecule has 4 unspecified atom stereocenters. The molecule has 0 amide bonds. The van der Waals surface area contributed by atoms with Crippen LogP contribution in [0.1, 0.15) is 103 Å². The van der Waals surface area contributed by atoms with Gasteiger partial charge in [0.05, 0.1) is 17.6 Å². The topological polar surface area (TPSA) is 140 Å². The largest absolute Gasteiger partial charge is 0.507 e. The highest BCUT2D eigenvalue weighted by Gasteiger charge is 2.85. The highest BCUT2D eigenvalue weighted by molar-refractivity contribution is 6.09. The summed E-state index contributed by atoms with van der Waals surface area (Å²) in [6.07, 6.45) is 8.98. The first-order valence-corrected chi connectivity index (χ1v) is 16.9. The molecule has 9 heteroatoms. The van der Waals surface area contributed by atoms with Crippen molar-refractivity contribution in [3.05, 3.63) is 63.3 Å². The monoisotopic (exact) mass is 662 g/mol. The van der Waals surface area contributed by atoms with E-state index in [-0.39, 0.29) is 59.0 Å². The van der Waals surface area contributed by atoms with Gasteiger partial charge in [-0.05, 0) is 87.5 Å². The smallest absolute Gasteiger partial charge is 0.330 e. The van der Waals surface area contributed by atoms with Crippen LogP contribution in [0.25, 0.3) is 0 Å². The maximum atomic E-state index is 15.0. The van der Waals surface area contributed by atoms with E-state index in [1.807, 2.05) is 46.8 Å². The summed E-state index contributed by atoms with van der Waals surface area (Å²) in [7, 11) is 1.47. The molecular weight excluding hydrogens is 612 g/mol. The van der Waals surface area contributed by atoms with Gasteiger partial charge in [0, 0.05) is 42.1 Å². The average Bonchev–Trinajstić information content (AvgIpc) is 3.14. The molecule has 1 saturated heterocycles. The molecule has 4 bridgehead atoms. The molecule has 1 aromatic rings. The van der Waals surface area contributed by atoms with Crippen LogP contribution in [0, 0.1) is 17.8 Å². The minimum absolute atomic E-state index is 0.0298. The summed E-state index contributed by atoms with van der Waals surface area (Å²) in [4.78, 5) is 41.4. The first-order valence-electron chi connectivity index (χ1n) is 16.9. The Balaban J connectivity index is 1.75. The highest BCUT2D eigenvalue weighted by atomic mass is 16.6. The van der Waals surface area contributed by atoms with Crippen molar-refractivity contribution in [2.45, 2.75) is 117 Å². The normalized spacial score (nSPS) is 30.0. The maximum Gasteiger partial charge on any atom is 0.330 e. The first-order chi connectivity index (χ1) is 22.4. The molecule has 2 heterocycles. The van der Waals surface area contributed by atoms with Crippen LogP contribution in [0.15, 0.2) is 46.6 Å². The van der Waals surface area contributed by atoms with Crippen LogP contribution in [-0.4, -0.2) is 62.9 Å². The van der Waals surface area contributed by atoms with Gasteiger partial charge in [0.1, 0.15) is 22.8 Å². The van der Waals surface area contributed by atoms with Crippen molar-refractivity contribution >= 4 is 17.5 Å². The van der Waals surface area contributed by atoms with Crippen LogP contribution in [0.2, 0.25) is 0 Å². The molecule has 3 aliphatic carbocycles. The zero-order chi connectivity index (χ0) is 35.5. The van der Waals surface area contributed by atoms with E-state index in [1.165, 1.54) is 25.7 Å². The fraction of sp³-hybridized carbons (Fsp3) is 0.564. The molecule has 3 N–H and O–H groups in total. The maximum absolute atomic E-state index is 15.0. The van der Waals surface area contributed by atoms with Crippen LogP contribution < -0.4 is 4.74 Å². The fourth-order valence-electron chi connectivity index (χ4n) is 8.67. The van der Waals surface area contributed by atoms with E-state index in [4.69, 9.17) is 14.2 Å². The number of carbonyl (C=O) groups excluding carboxylic acids is 2. The lowest BCUT2D eigenvalue weighted by Gasteiger charge is -2.62. The van der Waals surface area contributed by atoms with Crippen LogP contribution in [0.3, 0.4) is 0 Å². The fourth-order valence-corrected chi connectivity index (χ4v) is 8.67. The molecule has 0 aromatic heterocycles. The van der Waals surface area contributed by atoms with Crippen molar-refractivity contribution in [2.24, 2.45) is 17.8 Å². The summed E-state index contributed by atoms with van der Waals surface area (Å²) < 4.78 is 19.7. The van der Waals surface area contributed by atoms with Crippen LogP contribution in [-0.2, 0) is 31.9 Å². The highest BCUT2D eigenvalue weighted by Crippen LogP contribution is 2.70. The van der Waals surface area contributed by atoms with Gasteiger partial charge in [-0.3, -0.25) is 9.59 Å². The van der Waals surface area contributed by atoms with Gasteiger partial charge in [-0.1, -0.05) is 41.0 Å². The number of aromatic hydroxyl groups is 2. The van der Waals surface area contributed by atoms with Crippen molar-refractivity contribution in [2.75, 3.05) is 7.11 Å². The Kier molecular flexibility index (Phi) is 9.38. The Labute approximate surface area is 283 Å². The summed E-state index contributed by atoms with van der Waals surface area (Å²) in [6, 6.07) is 0. The van der Waals surface area contributed by atoms with Gasteiger partial charge >= 0.3 is 5.97 Å². The van der Waals surface area contributed by atoms with Crippen LogP contribution in [0.4, 0.5) is 0 Å². The van der Waals surface area contributed by atoms with Crippen molar-refractivity contribution in [3.8, 4) is 17.2 Å². The van der Waals surface area contributed by atoms with Gasteiger partial charge in [0.15, 0.2) is 22.8 Å². The molecule has 1 aromatic carbocycles. The van der Waals surface area contributed by atoms with E-state index in [9.17, 15) is 24.9 Å². The number of hydrogen-bond donors (Lipinski definition) is 3. The summed E-state index contributed by atoms with van der Waals surface area (Å²) >= 11 is 0. The van der Waals surface area contributed by atoms with Crippen LogP contribution in [0.5, 0.6) is 17.2 Å². The number of rotatable bonds is 11. The lowest BCUT2D eigenvalue weighted by Crippen LogP contribution is -2.80. The van der Waals surface area contributed by atoms with Gasteiger partial charge in [0.25, 0.3) is 0 Å². The number of carbonyl (C=O) groups is 3. The number of methoxy groups -OCH3 is 1. The van der Waals surface area contributed by atoms with Gasteiger partial charge in [-0.15, -0.1) is 0 Å². The predicted molar refractivity (Wildman–Crippen MR) is 182 cm³/mol. The minimum atomic E-state index is -1.70. The average molecular weight is 663 g/mol. The number of phenols is 2. The van der Waals surface area contributed by atoms with Gasteiger partial charge in [0.2, 0.25) is 0 Å². The van der Waals surface area contributed by atoms with Crippen LogP contribution >= 0.6 is 0 Å². The molecule has 4 fully saturated rings. The molecule has 9 nitrogen and oxygen atoms in total. The Morgan fingerprint density at radius 3 is 2.19 bits per heavy atom. The zero-order valence-corrected chi connectivity index (χ0v) is 29.7. The first kappa shape index (κ1) is 35.6. The number of ketones is 2. The van der Waals surface area contributed by atoms with E-state index in [2.05, 4.69) is 19.9 Å². The van der Waals surface area contributed by atoms with Gasteiger partial charge in [-0.25, -0.2) is 4.79 Å². The van der Waals surface area contributed by atoms with Crippen molar-refractivity contribution in [3.63, 3.8) is 0 Å². The second-order valence-electron chi connectivity index (χ2n) is 15.0. The molecule has 0 radical (unpaired) electrons. The molecule has 1 spiro atoms. The molecule has 48 heavy (non-hydrogen) atoms. The lowest BCUT2D eigenvalue weighted by atomic mass is 9.45. The number of phenolic OH excluding ortho intramolecular Hbond substituents is 2. The number of benzene rings is 1. The van der Waals surface area contributed by atoms with E-state index < -0.39 is 52.4 Å². The third-order valence-electron chi connectivity index (χ3n) is 11.0. The summed E-state index contributed by atoms with van der Waals surface area (Å²) in [5.41, 5.74) is -0.320. The Bertz CT molecular complexity index is 1670. The molecule has 6 rings (SSSR count). The van der Waals surface area contributed by atoms with Gasteiger partial charge < -0.3 is 29.5 Å². The summed E-state index contributed by atoms with van der Waals surface area (Å²) in [6.45, 7) is 15.1. The summed E-state index contributed by atoms with van der Waals surface area (Å²) in [5, 5.41) is 33.3. The van der Waals surface area contributed by atoms with Crippen molar-refractivity contribution < 1.29 is 43.9 Å². The molecule has 2 aliphatic heterocycles. The number of ether oxygens (including phenoxy) is 3. The van der Waals surface area contributed by atoms with E-state index in [1.54, 1.807) is 0 Å². The molecule has 260 valence electrons. The number of Topliss-reactive ketones (excluding diaryl/α,β-unsaturated/α-hetero) is 2.